The van der Waals surface area contributed by atoms with Crippen molar-refractivity contribution in [2.75, 3.05) is 13.7 Å². The summed E-state index contributed by atoms with van der Waals surface area (Å²) in [5.41, 5.74) is 0.148. The number of urea groups is 1. The molecule has 3 rings (SSSR count). The van der Waals surface area contributed by atoms with Crippen molar-refractivity contribution in [3.63, 3.8) is 0 Å². The van der Waals surface area contributed by atoms with Crippen LogP contribution in [0.25, 0.3) is 0 Å². The Hall–Kier alpha value is -4.61. The molecule has 0 aliphatic carbocycles. The van der Waals surface area contributed by atoms with Crippen LogP contribution in [0.5, 0.6) is 11.5 Å². The topological polar surface area (TPSA) is 184 Å². The van der Waals surface area contributed by atoms with Gasteiger partial charge in [0.1, 0.15) is 12.1 Å². The van der Waals surface area contributed by atoms with E-state index < -0.39 is 48.4 Å². The van der Waals surface area contributed by atoms with Crippen molar-refractivity contribution in [3.8, 4) is 11.5 Å². The predicted molar refractivity (Wildman–Crippen MR) is 124 cm³/mol. The van der Waals surface area contributed by atoms with Crippen molar-refractivity contribution >= 4 is 30.0 Å². The summed E-state index contributed by atoms with van der Waals surface area (Å²) in [6.07, 6.45) is 0.949. The second-order valence-electron chi connectivity index (χ2n) is 8.00. The minimum atomic E-state index is -1.40. The maximum absolute atomic E-state index is 13.1. The van der Waals surface area contributed by atoms with Crippen LogP contribution in [-0.2, 0) is 19.9 Å². The molecule has 0 bridgehead atoms. The molecule has 1 aliphatic heterocycles. The van der Waals surface area contributed by atoms with Gasteiger partial charge in [0, 0.05) is 0 Å². The van der Waals surface area contributed by atoms with Crippen molar-refractivity contribution in [3.05, 3.63) is 59.2 Å². The van der Waals surface area contributed by atoms with Gasteiger partial charge in [-0.05, 0) is 35.7 Å². The van der Waals surface area contributed by atoms with Crippen molar-refractivity contribution < 1.29 is 34.1 Å². The second-order valence-corrected chi connectivity index (χ2v) is 8.00. The standard InChI is InChI=1S/C23H25N5O7/c1-23(15-6-3-13(4-7-15)11-25-24)21(33)28(22(34)27-23)12-19(30)26-16(10-20(31)32)14-5-8-17(29)18(9-14)35-2/h3-9,11,16,29H,10,12,24H2,1-2H3,(H,26,30)(H,27,34)(H,31,32)/b25-11+. The molecule has 2 aromatic carbocycles. The Bertz CT molecular complexity index is 1180. The fourth-order valence-electron chi connectivity index (χ4n) is 3.75. The number of aliphatic carboxylic acids is 1. The molecule has 1 aliphatic rings. The molecule has 4 amide bonds. The van der Waals surface area contributed by atoms with Crippen LogP contribution < -0.4 is 21.2 Å². The van der Waals surface area contributed by atoms with Gasteiger partial charge in [-0.3, -0.25) is 19.3 Å². The first-order chi connectivity index (χ1) is 16.6. The third kappa shape index (κ3) is 5.32. The summed E-state index contributed by atoms with van der Waals surface area (Å²) in [7, 11) is 1.33. The molecule has 12 heteroatoms. The van der Waals surface area contributed by atoms with Gasteiger partial charge in [0.15, 0.2) is 11.5 Å². The van der Waals surface area contributed by atoms with Gasteiger partial charge in [-0.1, -0.05) is 30.3 Å². The number of hydrogen-bond acceptors (Lipinski definition) is 8. The highest BCUT2D eigenvalue weighted by Crippen LogP contribution is 2.31. The molecule has 0 radical (unpaired) electrons. The third-order valence-corrected chi connectivity index (χ3v) is 5.61. The normalized spacial score (nSPS) is 18.4. The number of phenolic OH excluding ortho intramolecular Hbond substituents is 1. The molecule has 2 atom stereocenters. The molecule has 35 heavy (non-hydrogen) atoms. The zero-order valence-corrected chi connectivity index (χ0v) is 19.0. The van der Waals surface area contributed by atoms with Crippen LogP contribution in [0.15, 0.2) is 47.6 Å². The highest BCUT2D eigenvalue weighted by Gasteiger charge is 2.49. The summed E-state index contributed by atoms with van der Waals surface area (Å²) in [4.78, 5) is 50.6. The number of ether oxygens (including phenoxy) is 1. The summed E-state index contributed by atoms with van der Waals surface area (Å²) in [6.45, 7) is 0.899. The number of carboxylic acid groups (broad SMARTS) is 1. The molecular weight excluding hydrogens is 458 g/mol. The van der Waals surface area contributed by atoms with Gasteiger partial charge < -0.3 is 31.4 Å². The lowest BCUT2D eigenvalue weighted by atomic mass is 9.91. The minimum Gasteiger partial charge on any atom is -0.504 e. The Balaban J connectivity index is 1.77. The van der Waals surface area contributed by atoms with Gasteiger partial charge >= 0.3 is 12.0 Å². The Kier molecular flexibility index (Phi) is 7.23. The highest BCUT2D eigenvalue weighted by atomic mass is 16.5. The summed E-state index contributed by atoms with van der Waals surface area (Å²) in [5.74, 6) is 2.51. The molecule has 1 saturated heterocycles. The van der Waals surface area contributed by atoms with E-state index in [0.29, 0.717) is 16.7 Å². The van der Waals surface area contributed by atoms with E-state index in [-0.39, 0.29) is 11.5 Å². The number of nitrogens with one attached hydrogen (secondary N) is 2. The quantitative estimate of drug-likeness (QED) is 0.150. The molecule has 2 unspecified atom stereocenters. The number of amides is 4. The van der Waals surface area contributed by atoms with E-state index in [1.54, 1.807) is 24.3 Å². The number of aromatic hydroxyl groups is 1. The number of phenols is 1. The molecular formula is C23H25N5O7. The number of carboxylic acids is 1. The fourth-order valence-corrected chi connectivity index (χ4v) is 3.75. The summed E-state index contributed by atoms with van der Waals surface area (Å²) in [6, 6.07) is 9.01. The number of nitrogens with zero attached hydrogens (tertiary/aromatic N) is 2. The number of hydrazone groups is 1. The van der Waals surface area contributed by atoms with Gasteiger partial charge in [-0.15, -0.1) is 0 Å². The molecule has 6 N–H and O–H groups in total. The molecule has 0 spiro atoms. The largest absolute Gasteiger partial charge is 0.504 e. The van der Waals surface area contributed by atoms with Crippen LogP contribution in [-0.4, -0.2) is 58.8 Å². The highest BCUT2D eigenvalue weighted by molar-refractivity contribution is 6.09. The first-order valence-electron chi connectivity index (χ1n) is 10.4. The SMILES string of the molecule is COc1cc(C(CC(=O)O)NC(=O)CN2C(=O)NC(C)(c3ccc(/C=N/N)cc3)C2=O)ccc1O. The van der Waals surface area contributed by atoms with Crippen LogP contribution in [0.1, 0.15) is 36.1 Å². The van der Waals surface area contributed by atoms with Gasteiger partial charge in [0.25, 0.3) is 5.91 Å². The Morgan fingerprint density at radius 3 is 2.54 bits per heavy atom. The lowest BCUT2D eigenvalue weighted by Crippen LogP contribution is -2.44. The summed E-state index contributed by atoms with van der Waals surface area (Å²) < 4.78 is 5.04. The molecule has 184 valence electrons. The van der Waals surface area contributed by atoms with Crippen LogP contribution in [0, 0.1) is 0 Å². The molecule has 2 aromatic rings. The zero-order chi connectivity index (χ0) is 25.8. The molecule has 0 aromatic heterocycles. The number of hydrogen-bond donors (Lipinski definition) is 5. The predicted octanol–water partition coefficient (Wildman–Crippen LogP) is 0.793. The van der Waals surface area contributed by atoms with Crippen LogP contribution in [0.2, 0.25) is 0 Å². The van der Waals surface area contributed by atoms with E-state index in [0.717, 1.165) is 4.90 Å². The Morgan fingerprint density at radius 2 is 1.94 bits per heavy atom. The van der Waals surface area contributed by atoms with Gasteiger partial charge in [0.2, 0.25) is 5.91 Å². The average Bonchev–Trinajstić information content (AvgIpc) is 3.03. The number of carbonyl (C=O) groups is 4. The number of imide groups is 1. The molecule has 0 saturated carbocycles. The second kappa shape index (κ2) is 10.1. The third-order valence-electron chi connectivity index (χ3n) is 5.61. The monoisotopic (exact) mass is 483 g/mol. The van der Waals surface area contributed by atoms with Gasteiger partial charge in [-0.25, -0.2) is 4.79 Å². The van der Waals surface area contributed by atoms with Crippen LogP contribution in [0.3, 0.4) is 0 Å². The Labute approximate surface area is 200 Å². The molecule has 1 heterocycles. The van der Waals surface area contributed by atoms with E-state index in [2.05, 4.69) is 15.7 Å². The van der Waals surface area contributed by atoms with Gasteiger partial charge in [0.05, 0.1) is 25.8 Å². The number of rotatable bonds is 9. The van der Waals surface area contributed by atoms with E-state index in [1.807, 2.05) is 0 Å². The van der Waals surface area contributed by atoms with Crippen molar-refractivity contribution in [1.82, 2.24) is 15.5 Å². The smallest absolute Gasteiger partial charge is 0.325 e. The first-order valence-corrected chi connectivity index (χ1v) is 10.4. The van der Waals surface area contributed by atoms with Crippen LogP contribution in [0.4, 0.5) is 4.79 Å². The Morgan fingerprint density at radius 1 is 1.26 bits per heavy atom. The van der Waals surface area contributed by atoms with Crippen LogP contribution >= 0.6 is 0 Å². The summed E-state index contributed by atoms with van der Waals surface area (Å²) in [5, 5.41) is 27.6. The lowest BCUT2D eigenvalue weighted by Gasteiger charge is -2.23. The fraction of sp³-hybridized carbons (Fsp3) is 0.261. The minimum absolute atomic E-state index is 0.0979. The van der Waals surface area contributed by atoms with E-state index in [9.17, 15) is 29.4 Å². The van der Waals surface area contributed by atoms with Crippen molar-refractivity contribution in [2.24, 2.45) is 10.9 Å². The maximum Gasteiger partial charge on any atom is 0.325 e. The number of nitrogens with two attached hydrogens (primary N) is 1. The van der Waals surface area contributed by atoms with E-state index in [1.165, 1.54) is 38.4 Å². The van der Waals surface area contributed by atoms with E-state index >= 15 is 0 Å². The maximum atomic E-state index is 13.1. The van der Waals surface area contributed by atoms with Crippen molar-refractivity contribution in [1.29, 1.82) is 0 Å². The van der Waals surface area contributed by atoms with E-state index in [4.69, 9.17) is 10.6 Å². The first kappa shape index (κ1) is 25.0. The van der Waals surface area contributed by atoms with Gasteiger partial charge in [-0.2, -0.15) is 5.10 Å². The lowest BCUT2D eigenvalue weighted by molar-refractivity contribution is -0.138. The number of benzene rings is 2. The number of carbonyl (C=O) groups excluding carboxylic acids is 3. The zero-order valence-electron chi connectivity index (χ0n) is 19.0. The molecule has 1 fully saturated rings. The average molecular weight is 483 g/mol. The number of methoxy groups -OCH3 is 1. The summed E-state index contributed by atoms with van der Waals surface area (Å²) >= 11 is 0. The molecule has 12 nitrogen and oxygen atoms in total. The van der Waals surface area contributed by atoms with Crippen molar-refractivity contribution in [2.45, 2.75) is 24.9 Å².